The van der Waals surface area contributed by atoms with Gasteiger partial charge in [0.1, 0.15) is 0 Å². The lowest BCUT2D eigenvalue weighted by Crippen LogP contribution is -2.14. The van der Waals surface area contributed by atoms with Crippen molar-refractivity contribution < 1.29 is 18.0 Å². The molecule has 21 heavy (non-hydrogen) atoms. The molecule has 0 aliphatic heterocycles. The highest BCUT2D eigenvalue weighted by atomic mass is 19.4. The number of alkyl halides is 3. The molecule has 0 aliphatic rings. The Morgan fingerprint density at radius 3 is 2.48 bits per heavy atom. The SMILES string of the molecule is N#Cc1cccc(CC(=O)c2ccccc2C(F)(F)F)c1. The molecule has 0 heterocycles. The molecule has 0 aliphatic carbocycles. The van der Waals surface area contributed by atoms with Gasteiger partial charge in [-0.3, -0.25) is 4.79 Å². The Bertz CT molecular complexity index is 714. The number of hydrogen-bond donors (Lipinski definition) is 0. The van der Waals surface area contributed by atoms with Gasteiger partial charge < -0.3 is 0 Å². The zero-order valence-electron chi connectivity index (χ0n) is 10.8. The summed E-state index contributed by atoms with van der Waals surface area (Å²) in [6.07, 6.45) is -4.75. The van der Waals surface area contributed by atoms with Crippen LogP contribution in [0.1, 0.15) is 27.0 Å². The van der Waals surface area contributed by atoms with E-state index in [-0.39, 0.29) is 12.0 Å². The fourth-order valence-corrected chi connectivity index (χ4v) is 2.00. The van der Waals surface area contributed by atoms with E-state index < -0.39 is 17.5 Å². The van der Waals surface area contributed by atoms with Crippen LogP contribution in [-0.4, -0.2) is 5.78 Å². The fourth-order valence-electron chi connectivity index (χ4n) is 2.00. The minimum atomic E-state index is -4.57. The van der Waals surface area contributed by atoms with Crippen molar-refractivity contribution in [3.05, 3.63) is 70.8 Å². The third kappa shape index (κ3) is 3.48. The molecule has 0 bridgehead atoms. The first-order chi connectivity index (χ1) is 9.91. The van der Waals surface area contributed by atoms with E-state index in [9.17, 15) is 18.0 Å². The summed E-state index contributed by atoms with van der Waals surface area (Å²) >= 11 is 0. The van der Waals surface area contributed by atoms with Gasteiger partial charge in [-0.1, -0.05) is 30.3 Å². The second-order valence-corrected chi connectivity index (χ2v) is 4.46. The lowest BCUT2D eigenvalue weighted by atomic mass is 9.97. The van der Waals surface area contributed by atoms with E-state index in [0.717, 1.165) is 6.07 Å². The molecule has 0 saturated heterocycles. The van der Waals surface area contributed by atoms with Gasteiger partial charge >= 0.3 is 6.18 Å². The van der Waals surface area contributed by atoms with Gasteiger partial charge in [-0.05, 0) is 23.8 Å². The van der Waals surface area contributed by atoms with Gasteiger partial charge in [-0.25, -0.2) is 0 Å². The maximum atomic E-state index is 12.9. The predicted octanol–water partition coefficient (Wildman–Crippen LogP) is 4.00. The maximum Gasteiger partial charge on any atom is 0.417 e. The molecular formula is C16H10F3NO. The fraction of sp³-hybridized carbons (Fsp3) is 0.125. The van der Waals surface area contributed by atoms with Crippen LogP contribution in [0, 0.1) is 11.3 Å². The van der Waals surface area contributed by atoms with E-state index >= 15 is 0 Å². The van der Waals surface area contributed by atoms with Crippen LogP contribution in [0.15, 0.2) is 48.5 Å². The molecule has 0 aromatic heterocycles. The van der Waals surface area contributed by atoms with Crippen molar-refractivity contribution in [1.29, 1.82) is 5.26 Å². The highest BCUT2D eigenvalue weighted by molar-refractivity contribution is 5.99. The number of ketones is 1. The van der Waals surface area contributed by atoms with E-state index in [1.165, 1.54) is 24.3 Å². The van der Waals surface area contributed by atoms with Crippen molar-refractivity contribution in [3.63, 3.8) is 0 Å². The van der Waals surface area contributed by atoms with Gasteiger partial charge in [0.15, 0.2) is 5.78 Å². The zero-order valence-corrected chi connectivity index (χ0v) is 10.8. The summed E-state index contributed by atoms with van der Waals surface area (Å²) in [5, 5.41) is 8.78. The highest BCUT2D eigenvalue weighted by Gasteiger charge is 2.34. The average molecular weight is 289 g/mol. The average Bonchev–Trinajstić information content (AvgIpc) is 2.46. The Hall–Kier alpha value is -2.61. The van der Waals surface area contributed by atoms with Gasteiger partial charge in [-0.15, -0.1) is 0 Å². The number of carbonyl (C=O) groups excluding carboxylic acids is 1. The molecule has 2 rings (SSSR count). The molecule has 0 amide bonds. The molecule has 5 heteroatoms. The van der Waals surface area contributed by atoms with Crippen molar-refractivity contribution in [3.8, 4) is 6.07 Å². The third-order valence-electron chi connectivity index (χ3n) is 2.95. The molecule has 2 nitrogen and oxygen atoms in total. The molecule has 0 atom stereocenters. The Kier molecular flexibility index (Phi) is 4.08. The van der Waals surface area contributed by atoms with Gasteiger partial charge in [0, 0.05) is 12.0 Å². The minimum Gasteiger partial charge on any atom is -0.294 e. The smallest absolute Gasteiger partial charge is 0.294 e. The van der Waals surface area contributed by atoms with E-state index in [4.69, 9.17) is 5.26 Å². The lowest BCUT2D eigenvalue weighted by Gasteiger charge is -2.11. The van der Waals surface area contributed by atoms with Crippen LogP contribution in [0.2, 0.25) is 0 Å². The summed E-state index contributed by atoms with van der Waals surface area (Å²) in [6.45, 7) is 0. The molecule has 0 saturated carbocycles. The number of rotatable bonds is 3. The molecule has 2 aromatic carbocycles. The van der Waals surface area contributed by atoms with Gasteiger partial charge in [0.05, 0.1) is 17.2 Å². The molecule has 106 valence electrons. The summed E-state index contributed by atoms with van der Waals surface area (Å²) in [5.41, 5.74) is -0.417. The number of hydrogen-bond acceptors (Lipinski definition) is 2. The largest absolute Gasteiger partial charge is 0.417 e. The molecule has 0 unspecified atom stereocenters. The summed E-state index contributed by atoms with van der Waals surface area (Å²) in [6, 6.07) is 12.9. The molecule has 0 N–H and O–H groups in total. The van der Waals surface area contributed by atoms with Crippen molar-refractivity contribution in [1.82, 2.24) is 0 Å². The summed E-state index contributed by atoms with van der Waals surface area (Å²) < 4.78 is 38.6. The van der Waals surface area contributed by atoms with Crippen LogP contribution in [0.4, 0.5) is 13.2 Å². The van der Waals surface area contributed by atoms with Crippen molar-refractivity contribution in [2.45, 2.75) is 12.6 Å². The molecule has 0 spiro atoms. The van der Waals surface area contributed by atoms with Gasteiger partial charge in [-0.2, -0.15) is 18.4 Å². The van der Waals surface area contributed by atoms with Crippen LogP contribution in [0.3, 0.4) is 0 Å². The van der Waals surface area contributed by atoms with Crippen LogP contribution in [0.5, 0.6) is 0 Å². The van der Waals surface area contributed by atoms with Crippen molar-refractivity contribution >= 4 is 5.78 Å². The number of nitrogens with zero attached hydrogens (tertiary/aromatic N) is 1. The number of nitriles is 1. The first kappa shape index (κ1) is 14.8. The first-order valence-electron chi connectivity index (χ1n) is 6.10. The Labute approximate surface area is 119 Å². The molecular weight excluding hydrogens is 279 g/mol. The van der Waals surface area contributed by atoms with E-state index in [2.05, 4.69) is 0 Å². The summed E-state index contributed by atoms with van der Waals surface area (Å²) in [7, 11) is 0. The Balaban J connectivity index is 2.31. The standard InChI is InChI=1S/C16H10F3NO/c17-16(18,19)14-7-2-1-6-13(14)15(21)9-11-4-3-5-12(8-11)10-20/h1-8H,9H2. The quantitative estimate of drug-likeness (QED) is 0.801. The Morgan fingerprint density at radius 1 is 1.10 bits per heavy atom. The monoisotopic (exact) mass is 289 g/mol. The van der Waals surface area contributed by atoms with Crippen LogP contribution in [0.25, 0.3) is 0 Å². The van der Waals surface area contributed by atoms with Crippen LogP contribution < -0.4 is 0 Å². The van der Waals surface area contributed by atoms with E-state index in [0.29, 0.717) is 11.1 Å². The van der Waals surface area contributed by atoms with Crippen LogP contribution >= 0.6 is 0 Å². The molecule has 0 fully saturated rings. The zero-order chi connectivity index (χ0) is 15.5. The third-order valence-corrected chi connectivity index (χ3v) is 2.95. The number of benzene rings is 2. The minimum absolute atomic E-state index is 0.178. The summed E-state index contributed by atoms with van der Waals surface area (Å²) in [5.74, 6) is -0.627. The van der Waals surface area contributed by atoms with Crippen molar-refractivity contribution in [2.24, 2.45) is 0 Å². The lowest BCUT2D eigenvalue weighted by molar-refractivity contribution is -0.137. The highest BCUT2D eigenvalue weighted by Crippen LogP contribution is 2.32. The second kappa shape index (κ2) is 5.80. The van der Waals surface area contributed by atoms with Crippen molar-refractivity contribution in [2.75, 3.05) is 0 Å². The van der Waals surface area contributed by atoms with Crippen LogP contribution in [-0.2, 0) is 12.6 Å². The van der Waals surface area contributed by atoms with Gasteiger partial charge in [0.25, 0.3) is 0 Å². The Morgan fingerprint density at radius 2 is 1.81 bits per heavy atom. The normalized spacial score (nSPS) is 11.0. The first-order valence-corrected chi connectivity index (χ1v) is 6.10. The molecule has 2 aromatic rings. The summed E-state index contributed by atoms with van der Waals surface area (Å²) in [4.78, 5) is 12.1. The maximum absolute atomic E-state index is 12.9. The number of carbonyl (C=O) groups is 1. The molecule has 0 radical (unpaired) electrons. The predicted molar refractivity (Wildman–Crippen MR) is 70.6 cm³/mol. The number of Topliss-reactive ketones (excluding diaryl/α,β-unsaturated/α-hetero) is 1. The second-order valence-electron chi connectivity index (χ2n) is 4.46. The number of halogens is 3. The van der Waals surface area contributed by atoms with E-state index in [1.807, 2.05) is 6.07 Å². The topological polar surface area (TPSA) is 40.9 Å². The van der Waals surface area contributed by atoms with E-state index in [1.54, 1.807) is 18.2 Å². The van der Waals surface area contributed by atoms with Gasteiger partial charge in [0.2, 0.25) is 0 Å².